The topological polar surface area (TPSA) is 138 Å². The van der Waals surface area contributed by atoms with E-state index in [2.05, 4.69) is 43.1 Å². The maximum atomic E-state index is 13.1. The number of ether oxygens (including phenoxy) is 1. The molecule has 1 unspecified atom stereocenters. The quantitative estimate of drug-likeness (QED) is 0.206. The van der Waals surface area contributed by atoms with Gasteiger partial charge in [-0.1, -0.05) is 25.1 Å². The SMILES string of the molecule is CC1CCN(CCCC(NC(=O)Nc2nccs2)c2ccc(C(=O)Nc3ccccc3NC(=O)OC(C)(C)C)nc2)CC1. The Balaban J connectivity index is 1.40. The molecule has 1 atom stereocenters. The Morgan fingerprint density at radius 3 is 2.37 bits per heavy atom. The largest absolute Gasteiger partial charge is 0.444 e. The monoisotopic (exact) mass is 607 g/mol. The summed E-state index contributed by atoms with van der Waals surface area (Å²) in [5, 5.41) is 13.6. The van der Waals surface area contributed by atoms with Crippen LogP contribution in [0.1, 0.15) is 75.5 Å². The number of carbonyl (C=O) groups excluding carboxylic acids is 3. The Morgan fingerprint density at radius 2 is 1.74 bits per heavy atom. The molecule has 4 amide bonds. The predicted molar refractivity (Wildman–Crippen MR) is 170 cm³/mol. The number of thiazole rings is 1. The molecule has 2 aromatic heterocycles. The second kappa shape index (κ2) is 14.9. The molecule has 3 aromatic rings. The van der Waals surface area contributed by atoms with Crippen molar-refractivity contribution in [1.82, 2.24) is 20.2 Å². The second-order valence-electron chi connectivity index (χ2n) is 11.8. The third-order valence-electron chi connectivity index (χ3n) is 7.03. The van der Waals surface area contributed by atoms with Crippen molar-refractivity contribution in [3.63, 3.8) is 0 Å². The van der Waals surface area contributed by atoms with Crippen LogP contribution in [0.3, 0.4) is 0 Å². The van der Waals surface area contributed by atoms with Crippen molar-refractivity contribution in [3.8, 4) is 0 Å². The van der Waals surface area contributed by atoms with Crippen molar-refractivity contribution in [1.29, 1.82) is 0 Å². The van der Waals surface area contributed by atoms with E-state index in [0.717, 1.165) is 37.5 Å². The van der Waals surface area contributed by atoms with Gasteiger partial charge in [-0.2, -0.15) is 0 Å². The molecule has 0 aliphatic carbocycles. The number of nitrogens with one attached hydrogen (secondary N) is 4. The van der Waals surface area contributed by atoms with Crippen LogP contribution >= 0.6 is 11.3 Å². The zero-order valence-corrected chi connectivity index (χ0v) is 26.0. The number of aromatic nitrogens is 2. The van der Waals surface area contributed by atoms with Gasteiger partial charge in [0.1, 0.15) is 11.3 Å². The molecule has 1 aliphatic heterocycles. The molecule has 3 heterocycles. The van der Waals surface area contributed by atoms with Gasteiger partial charge in [0.25, 0.3) is 5.91 Å². The molecule has 4 N–H and O–H groups in total. The van der Waals surface area contributed by atoms with Crippen molar-refractivity contribution in [2.75, 3.05) is 35.6 Å². The molecule has 11 nitrogen and oxygen atoms in total. The molecule has 1 fully saturated rings. The number of hydrogen-bond donors (Lipinski definition) is 4. The first-order valence-corrected chi connectivity index (χ1v) is 15.5. The minimum absolute atomic E-state index is 0.198. The number of para-hydroxylation sites is 2. The molecule has 0 radical (unpaired) electrons. The Morgan fingerprint density at radius 1 is 1.02 bits per heavy atom. The van der Waals surface area contributed by atoms with Crippen LogP contribution in [0.4, 0.5) is 26.1 Å². The third-order valence-corrected chi connectivity index (χ3v) is 7.72. The summed E-state index contributed by atoms with van der Waals surface area (Å²) in [6.45, 7) is 10.8. The average molecular weight is 608 g/mol. The maximum absolute atomic E-state index is 13.1. The van der Waals surface area contributed by atoms with Crippen molar-refractivity contribution >= 4 is 45.9 Å². The van der Waals surface area contributed by atoms with E-state index >= 15 is 0 Å². The molecule has 43 heavy (non-hydrogen) atoms. The van der Waals surface area contributed by atoms with Gasteiger partial charge >= 0.3 is 12.1 Å². The highest BCUT2D eigenvalue weighted by atomic mass is 32.1. The van der Waals surface area contributed by atoms with Crippen LogP contribution in [-0.2, 0) is 4.74 Å². The molecular weight excluding hydrogens is 566 g/mol. The Kier molecular flexibility index (Phi) is 11.1. The van der Waals surface area contributed by atoms with Crippen molar-refractivity contribution in [2.45, 2.75) is 65.0 Å². The summed E-state index contributed by atoms with van der Waals surface area (Å²) >= 11 is 1.35. The van der Waals surface area contributed by atoms with Crippen LogP contribution in [0.15, 0.2) is 54.2 Å². The van der Waals surface area contributed by atoms with E-state index in [4.69, 9.17) is 4.74 Å². The van der Waals surface area contributed by atoms with Crippen LogP contribution in [0.25, 0.3) is 0 Å². The number of likely N-dealkylation sites (tertiary alicyclic amines) is 1. The fourth-order valence-corrected chi connectivity index (χ4v) is 5.27. The number of urea groups is 1. The summed E-state index contributed by atoms with van der Waals surface area (Å²) in [6, 6.07) is 9.66. The molecule has 1 aromatic carbocycles. The van der Waals surface area contributed by atoms with Crippen molar-refractivity contribution in [3.05, 3.63) is 65.4 Å². The summed E-state index contributed by atoms with van der Waals surface area (Å²) in [5.41, 5.74) is 1.15. The van der Waals surface area contributed by atoms with Crippen LogP contribution in [0.5, 0.6) is 0 Å². The zero-order chi connectivity index (χ0) is 30.8. The number of amides is 4. The number of benzene rings is 1. The fourth-order valence-electron chi connectivity index (χ4n) is 4.75. The second-order valence-corrected chi connectivity index (χ2v) is 12.7. The van der Waals surface area contributed by atoms with Gasteiger partial charge in [-0.3, -0.25) is 20.4 Å². The van der Waals surface area contributed by atoms with E-state index in [1.807, 2.05) is 6.07 Å². The Hall–Kier alpha value is -4.03. The number of hydrogen-bond acceptors (Lipinski definition) is 8. The normalized spacial score (nSPS) is 14.9. The minimum Gasteiger partial charge on any atom is -0.444 e. The standard InChI is InChI=1S/C31H41N7O4S/c1-21-13-17-38(18-14-21)16-7-10-23(35-28(40)37-29-32-15-19-43-29)22-11-12-26(33-20-22)27(39)34-24-8-5-6-9-25(24)36-30(41)42-31(2,3)4/h5-6,8-9,11-12,15,19-21,23H,7,10,13-14,16-18H2,1-4H3,(H,34,39)(H,36,41)(H2,32,35,37,40). The minimum atomic E-state index is -0.658. The smallest absolute Gasteiger partial charge is 0.412 e. The van der Waals surface area contributed by atoms with E-state index in [1.54, 1.807) is 68.9 Å². The predicted octanol–water partition coefficient (Wildman–Crippen LogP) is 6.51. The highest BCUT2D eigenvalue weighted by Gasteiger charge is 2.21. The molecule has 230 valence electrons. The van der Waals surface area contributed by atoms with Gasteiger partial charge in [0.15, 0.2) is 5.13 Å². The van der Waals surface area contributed by atoms with Gasteiger partial charge in [-0.25, -0.2) is 14.6 Å². The number of anilines is 3. The van der Waals surface area contributed by atoms with Gasteiger partial charge in [0, 0.05) is 17.8 Å². The number of carbonyl (C=O) groups is 3. The van der Waals surface area contributed by atoms with Crippen LogP contribution in [0.2, 0.25) is 0 Å². The lowest BCUT2D eigenvalue weighted by atomic mass is 9.98. The molecule has 0 spiro atoms. The molecule has 0 bridgehead atoms. The number of rotatable bonds is 10. The molecule has 1 aliphatic rings. The molecule has 12 heteroatoms. The van der Waals surface area contributed by atoms with Gasteiger partial charge in [0.2, 0.25) is 0 Å². The van der Waals surface area contributed by atoms with Crippen LogP contribution in [-0.4, -0.2) is 58.1 Å². The van der Waals surface area contributed by atoms with E-state index in [-0.39, 0.29) is 17.8 Å². The molecule has 4 rings (SSSR count). The Labute approximate surface area is 256 Å². The summed E-state index contributed by atoms with van der Waals surface area (Å²) < 4.78 is 5.33. The fraction of sp³-hybridized carbons (Fsp3) is 0.452. The van der Waals surface area contributed by atoms with E-state index < -0.39 is 17.6 Å². The van der Waals surface area contributed by atoms with E-state index in [1.165, 1.54) is 24.2 Å². The summed E-state index contributed by atoms with van der Waals surface area (Å²) in [6.07, 6.45) is 6.69. The van der Waals surface area contributed by atoms with E-state index in [9.17, 15) is 14.4 Å². The lowest BCUT2D eigenvalue weighted by Crippen LogP contribution is -2.35. The maximum Gasteiger partial charge on any atom is 0.412 e. The third kappa shape index (κ3) is 10.3. The highest BCUT2D eigenvalue weighted by molar-refractivity contribution is 7.13. The lowest BCUT2D eigenvalue weighted by molar-refractivity contribution is 0.0635. The van der Waals surface area contributed by atoms with Gasteiger partial charge in [-0.05, 0) is 95.8 Å². The Bertz CT molecular complexity index is 1350. The van der Waals surface area contributed by atoms with Crippen molar-refractivity contribution in [2.24, 2.45) is 5.92 Å². The van der Waals surface area contributed by atoms with Crippen LogP contribution < -0.4 is 21.3 Å². The summed E-state index contributed by atoms with van der Waals surface area (Å²) in [5.74, 6) is 0.340. The number of piperidine rings is 1. The zero-order valence-electron chi connectivity index (χ0n) is 25.2. The van der Waals surface area contributed by atoms with E-state index in [0.29, 0.717) is 22.9 Å². The van der Waals surface area contributed by atoms with Gasteiger partial charge in [-0.15, -0.1) is 11.3 Å². The average Bonchev–Trinajstić information content (AvgIpc) is 3.46. The van der Waals surface area contributed by atoms with Crippen LogP contribution in [0, 0.1) is 5.92 Å². The lowest BCUT2D eigenvalue weighted by Gasteiger charge is -2.30. The molecule has 0 saturated carbocycles. The van der Waals surface area contributed by atoms with Gasteiger partial charge < -0.3 is 20.3 Å². The van der Waals surface area contributed by atoms with Crippen molar-refractivity contribution < 1.29 is 19.1 Å². The highest BCUT2D eigenvalue weighted by Crippen LogP contribution is 2.24. The van der Waals surface area contributed by atoms with Gasteiger partial charge in [0.05, 0.1) is 17.4 Å². The molecule has 1 saturated heterocycles. The molecular formula is C31H41N7O4S. The number of pyridine rings is 1. The number of nitrogens with zero attached hydrogens (tertiary/aromatic N) is 3. The first-order chi connectivity index (χ1) is 20.6. The summed E-state index contributed by atoms with van der Waals surface area (Å²) in [7, 11) is 0. The first-order valence-electron chi connectivity index (χ1n) is 14.6. The summed E-state index contributed by atoms with van der Waals surface area (Å²) in [4.78, 5) is 49.1. The first kappa shape index (κ1) is 31.9.